The third-order valence-corrected chi connectivity index (χ3v) is 3.78. The van der Waals surface area contributed by atoms with Gasteiger partial charge < -0.3 is 14.6 Å². The predicted octanol–water partition coefficient (Wildman–Crippen LogP) is 3.21. The Labute approximate surface area is 148 Å². The van der Waals surface area contributed by atoms with Crippen molar-refractivity contribution in [3.8, 4) is 6.07 Å². The maximum Gasteiger partial charge on any atom is 0.291 e. The molecule has 6 nitrogen and oxygen atoms in total. The number of nitrogens with one attached hydrogen (secondary N) is 1. The molecule has 2 aromatic rings. The summed E-state index contributed by atoms with van der Waals surface area (Å²) < 4.78 is 5.67. The first-order valence-corrected chi connectivity index (χ1v) is 8.05. The van der Waals surface area contributed by atoms with Crippen molar-refractivity contribution < 1.29 is 14.0 Å². The molecule has 1 aromatic heterocycles. The van der Waals surface area contributed by atoms with Gasteiger partial charge in [0.05, 0.1) is 18.9 Å². The van der Waals surface area contributed by atoms with E-state index in [0.717, 1.165) is 5.56 Å². The molecule has 1 heterocycles. The molecule has 0 radical (unpaired) electrons. The number of rotatable bonds is 6. The van der Waals surface area contributed by atoms with E-state index in [9.17, 15) is 9.59 Å². The SMILES string of the molecule is CN(CCC#N)C(=O)Cc1ccc(NC(=O)c2ccc(Br)o2)cc1. The highest BCUT2D eigenvalue weighted by Gasteiger charge is 2.12. The van der Waals surface area contributed by atoms with Crippen molar-refractivity contribution in [3.05, 3.63) is 52.4 Å². The van der Waals surface area contributed by atoms with Gasteiger partial charge in [-0.05, 0) is 45.8 Å². The van der Waals surface area contributed by atoms with Gasteiger partial charge in [-0.25, -0.2) is 0 Å². The minimum Gasteiger partial charge on any atom is -0.444 e. The molecular weight excluding hydrogens is 374 g/mol. The molecule has 0 aliphatic carbocycles. The lowest BCUT2D eigenvalue weighted by atomic mass is 10.1. The molecule has 0 unspecified atom stereocenters. The highest BCUT2D eigenvalue weighted by atomic mass is 79.9. The van der Waals surface area contributed by atoms with Gasteiger partial charge in [-0.2, -0.15) is 5.26 Å². The normalized spacial score (nSPS) is 10.0. The Balaban J connectivity index is 1.92. The fraction of sp³-hybridized carbons (Fsp3) is 0.235. The van der Waals surface area contributed by atoms with Crippen LogP contribution in [-0.2, 0) is 11.2 Å². The van der Waals surface area contributed by atoms with Gasteiger partial charge in [0.25, 0.3) is 5.91 Å². The molecule has 1 N–H and O–H groups in total. The number of nitriles is 1. The van der Waals surface area contributed by atoms with E-state index >= 15 is 0 Å². The predicted molar refractivity (Wildman–Crippen MR) is 92.4 cm³/mol. The molecule has 24 heavy (non-hydrogen) atoms. The van der Waals surface area contributed by atoms with E-state index in [2.05, 4.69) is 21.2 Å². The molecule has 0 aliphatic heterocycles. The first-order chi connectivity index (χ1) is 11.5. The molecule has 124 valence electrons. The average Bonchev–Trinajstić information content (AvgIpc) is 3.01. The van der Waals surface area contributed by atoms with E-state index in [1.54, 1.807) is 43.4 Å². The second kappa shape index (κ2) is 8.31. The van der Waals surface area contributed by atoms with Crippen molar-refractivity contribution in [2.24, 2.45) is 0 Å². The number of furan rings is 1. The molecule has 0 aliphatic rings. The fourth-order valence-corrected chi connectivity index (χ4v) is 2.29. The van der Waals surface area contributed by atoms with E-state index in [0.29, 0.717) is 23.3 Å². The number of carbonyl (C=O) groups excluding carboxylic acids is 2. The Morgan fingerprint density at radius 3 is 2.54 bits per heavy atom. The molecule has 0 spiro atoms. The number of nitrogens with zero attached hydrogens (tertiary/aromatic N) is 2. The number of hydrogen-bond acceptors (Lipinski definition) is 4. The van der Waals surface area contributed by atoms with E-state index in [-0.39, 0.29) is 24.0 Å². The van der Waals surface area contributed by atoms with Crippen LogP contribution in [0.3, 0.4) is 0 Å². The van der Waals surface area contributed by atoms with Crippen molar-refractivity contribution in [3.63, 3.8) is 0 Å². The monoisotopic (exact) mass is 389 g/mol. The Morgan fingerprint density at radius 2 is 1.96 bits per heavy atom. The van der Waals surface area contributed by atoms with E-state index in [1.165, 1.54) is 4.90 Å². The molecule has 0 fully saturated rings. The molecule has 2 amide bonds. The lowest BCUT2D eigenvalue weighted by Gasteiger charge is -2.15. The van der Waals surface area contributed by atoms with Gasteiger partial charge in [-0.3, -0.25) is 9.59 Å². The first-order valence-electron chi connectivity index (χ1n) is 7.26. The Morgan fingerprint density at radius 1 is 1.25 bits per heavy atom. The van der Waals surface area contributed by atoms with Gasteiger partial charge in [0.1, 0.15) is 0 Å². The van der Waals surface area contributed by atoms with E-state index in [4.69, 9.17) is 9.68 Å². The van der Waals surface area contributed by atoms with Crippen molar-refractivity contribution in [1.29, 1.82) is 5.26 Å². The molecule has 7 heteroatoms. The molecule has 0 saturated carbocycles. The summed E-state index contributed by atoms with van der Waals surface area (Å²) in [7, 11) is 1.68. The van der Waals surface area contributed by atoms with Crippen molar-refractivity contribution in [2.75, 3.05) is 18.9 Å². The van der Waals surface area contributed by atoms with Crippen LogP contribution in [0, 0.1) is 11.3 Å². The van der Waals surface area contributed by atoms with Gasteiger partial charge in [-0.15, -0.1) is 0 Å². The molecular formula is C17H16BrN3O3. The lowest BCUT2D eigenvalue weighted by molar-refractivity contribution is -0.129. The van der Waals surface area contributed by atoms with Crippen LogP contribution in [0.25, 0.3) is 0 Å². The summed E-state index contributed by atoms with van der Waals surface area (Å²) >= 11 is 3.15. The maximum atomic E-state index is 12.0. The summed E-state index contributed by atoms with van der Waals surface area (Å²) in [4.78, 5) is 25.5. The third-order valence-electron chi connectivity index (χ3n) is 3.35. The van der Waals surface area contributed by atoms with Gasteiger partial charge in [-0.1, -0.05) is 12.1 Å². The van der Waals surface area contributed by atoms with Crippen LogP contribution < -0.4 is 5.32 Å². The number of halogens is 1. The van der Waals surface area contributed by atoms with Crippen LogP contribution in [-0.4, -0.2) is 30.3 Å². The summed E-state index contributed by atoms with van der Waals surface area (Å²) in [5.41, 5.74) is 1.45. The first kappa shape index (κ1) is 17.8. The summed E-state index contributed by atoms with van der Waals surface area (Å²) in [5, 5.41) is 11.3. The Kier molecular flexibility index (Phi) is 6.15. The largest absolute Gasteiger partial charge is 0.444 e. The number of hydrogen-bond donors (Lipinski definition) is 1. The van der Waals surface area contributed by atoms with E-state index in [1.807, 2.05) is 6.07 Å². The summed E-state index contributed by atoms with van der Waals surface area (Å²) in [5.74, 6) is -0.191. The number of benzene rings is 1. The van der Waals surface area contributed by atoms with Crippen molar-refractivity contribution in [1.82, 2.24) is 4.90 Å². The van der Waals surface area contributed by atoms with Crippen LogP contribution in [0.5, 0.6) is 0 Å². The van der Waals surface area contributed by atoms with Crippen LogP contribution in [0.15, 0.2) is 45.5 Å². The zero-order valence-corrected chi connectivity index (χ0v) is 14.7. The third kappa shape index (κ3) is 4.96. The fourth-order valence-electron chi connectivity index (χ4n) is 1.99. The summed E-state index contributed by atoms with van der Waals surface area (Å²) in [6, 6.07) is 12.3. The standard InChI is InChI=1S/C17H16BrN3O3/c1-21(10-2-9-19)16(22)11-12-3-5-13(6-4-12)20-17(23)14-7-8-15(18)24-14/h3-8H,2,10-11H2,1H3,(H,20,23). The van der Waals surface area contributed by atoms with Crippen LogP contribution >= 0.6 is 15.9 Å². The number of anilines is 1. The van der Waals surface area contributed by atoms with Gasteiger partial charge in [0.15, 0.2) is 10.4 Å². The average molecular weight is 390 g/mol. The minimum atomic E-state index is -0.347. The summed E-state index contributed by atoms with van der Waals surface area (Å²) in [6.45, 7) is 0.419. The number of amides is 2. The summed E-state index contributed by atoms with van der Waals surface area (Å²) in [6.07, 6.45) is 0.567. The highest BCUT2D eigenvalue weighted by Crippen LogP contribution is 2.16. The zero-order valence-electron chi connectivity index (χ0n) is 13.1. The molecule has 0 atom stereocenters. The smallest absolute Gasteiger partial charge is 0.291 e. The molecule has 0 bridgehead atoms. The van der Waals surface area contributed by atoms with E-state index < -0.39 is 0 Å². The molecule has 2 rings (SSSR count). The molecule has 1 aromatic carbocycles. The van der Waals surface area contributed by atoms with Gasteiger partial charge in [0.2, 0.25) is 5.91 Å². The van der Waals surface area contributed by atoms with Crippen LogP contribution in [0.1, 0.15) is 22.5 Å². The van der Waals surface area contributed by atoms with Gasteiger partial charge in [0, 0.05) is 19.3 Å². The highest BCUT2D eigenvalue weighted by molar-refractivity contribution is 9.10. The van der Waals surface area contributed by atoms with Crippen LogP contribution in [0.4, 0.5) is 5.69 Å². The maximum absolute atomic E-state index is 12.0. The second-order valence-electron chi connectivity index (χ2n) is 5.15. The quantitative estimate of drug-likeness (QED) is 0.821. The van der Waals surface area contributed by atoms with Crippen molar-refractivity contribution >= 4 is 33.4 Å². The zero-order chi connectivity index (χ0) is 17.5. The van der Waals surface area contributed by atoms with Crippen molar-refractivity contribution in [2.45, 2.75) is 12.8 Å². The topological polar surface area (TPSA) is 86.3 Å². The second-order valence-corrected chi connectivity index (χ2v) is 5.94. The lowest BCUT2D eigenvalue weighted by Crippen LogP contribution is -2.28. The number of likely N-dealkylation sites (N-methyl/N-ethyl adjacent to an activating group) is 1. The Bertz CT molecular complexity index is 762. The Hall–Kier alpha value is -2.59. The number of carbonyl (C=O) groups is 2. The van der Waals surface area contributed by atoms with Gasteiger partial charge >= 0.3 is 0 Å². The minimum absolute atomic E-state index is 0.0533. The van der Waals surface area contributed by atoms with Crippen LogP contribution in [0.2, 0.25) is 0 Å². The molecule has 0 saturated heterocycles.